The number of nitrogens with zero attached hydrogens (tertiary/aromatic N) is 3. The number of hydrogen-bond donors (Lipinski definition) is 1. The van der Waals surface area contributed by atoms with Crippen LogP contribution >= 0.6 is 0 Å². The molecule has 29 heavy (non-hydrogen) atoms. The number of carbonyl (C=O) groups excluding carboxylic acids is 2. The zero-order chi connectivity index (χ0) is 20.4. The first-order chi connectivity index (χ1) is 14.0. The smallest absolute Gasteiger partial charge is 0.338 e. The first-order valence-corrected chi connectivity index (χ1v) is 9.45. The molecule has 1 aliphatic heterocycles. The van der Waals surface area contributed by atoms with E-state index in [1.54, 1.807) is 35.0 Å². The molecule has 2 N–H and O–H groups in total. The first-order valence-electron chi connectivity index (χ1n) is 9.45. The number of piperidine rings is 1. The van der Waals surface area contributed by atoms with E-state index in [9.17, 15) is 14.0 Å². The second-order valence-electron chi connectivity index (χ2n) is 7.13. The molecule has 1 fully saturated rings. The van der Waals surface area contributed by atoms with Crippen molar-refractivity contribution in [2.24, 2.45) is 11.7 Å². The van der Waals surface area contributed by atoms with Crippen LogP contribution in [0.15, 0.2) is 48.8 Å². The molecule has 1 saturated heterocycles. The summed E-state index contributed by atoms with van der Waals surface area (Å²) in [5.41, 5.74) is 7.43. The van der Waals surface area contributed by atoms with Gasteiger partial charge in [0.15, 0.2) is 11.5 Å². The third-order valence-electron chi connectivity index (χ3n) is 5.13. The molecule has 4 rings (SSSR count). The van der Waals surface area contributed by atoms with Gasteiger partial charge < -0.3 is 19.8 Å². The van der Waals surface area contributed by atoms with Gasteiger partial charge in [-0.1, -0.05) is 0 Å². The molecular weight excluding hydrogens is 375 g/mol. The van der Waals surface area contributed by atoms with Crippen LogP contribution in [0.4, 0.5) is 10.1 Å². The minimum Gasteiger partial charge on any atom is -0.456 e. The fourth-order valence-electron chi connectivity index (χ4n) is 3.57. The third-order valence-corrected chi connectivity index (χ3v) is 5.13. The van der Waals surface area contributed by atoms with E-state index in [1.807, 2.05) is 12.1 Å². The number of imidazole rings is 1. The molecule has 150 valence electrons. The lowest BCUT2D eigenvalue weighted by Crippen LogP contribution is -2.41. The van der Waals surface area contributed by atoms with Crippen LogP contribution < -0.4 is 10.6 Å². The van der Waals surface area contributed by atoms with Crippen molar-refractivity contribution in [3.8, 4) is 0 Å². The zero-order valence-electron chi connectivity index (χ0n) is 15.8. The molecule has 0 bridgehead atoms. The monoisotopic (exact) mass is 396 g/mol. The van der Waals surface area contributed by atoms with E-state index < -0.39 is 11.8 Å². The Bertz CT molecular complexity index is 1050. The average molecular weight is 396 g/mol. The summed E-state index contributed by atoms with van der Waals surface area (Å²) in [5.74, 6) is -1.34. The standard InChI is InChI=1S/C21H21FN4O3/c22-18-4-2-10-26-12-16(24-20(18)26)13-29-21(28)14-5-7-17(8-6-14)25-9-1-3-15(11-25)19(23)27/h2,4-8,10,12,15H,1,3,9,11,13H2,(H2,23,27). The summed E-state index contributed by atoms with van der Waals surface area (Å²) in [5, 5.41) is 0. The molecule has 1 aliphatic rings. The second kappa shape index (κ2) is 7.90. The highest BCUT2D eigenvalue weighted by atomic mass is 19.1. The molecular formula is C21H21FN4O3. The number of hydrogen-bond acceptors (Lipinski definition) is 5. The number of aromatic nitrogens is 2. The van der Waals surface area contributed by atoms with Gasteiger partial charge in [-0.25, -0.2) is 14.2 Å². The predicted octanol–water partition coefficient (Wildman–Crippen LogP) is 2.53. The number of ether oxygens (including phenoxy) is 1. The first kappa shape index (κ1) is 18.9. The van der Waals surface area contributed by atoms with Crippen molar-refractivity contribution < 1.29 is 18.7 Å². The fourth-order valence-corrected chi connectivity index (χ4v) is 3.57. The van der Waals surface area contributed by atoms with E-state index in [0.29, 0.717) is 17.8 Å². The zero-order valence-corrected chi connectivity index (χ0v) is 15.8. The number of pyridine rings is 1. The van der Waals surface area contributed by atoms with Crippen molar-refractivity contribution in [1.82, 2.24) is 9.38 Å². The predicted molar refractivity (Wildman–Crippen MR) is 105 cm³/mol. The molecule has 3 aromatic rings. The molecule has 1 amide bonds. The number of nitrogens with two attached hydrogens (primary N) is 1. The summed E-state index contributed by atoms with van der Waals surface area (Å²) in [7, 11) is 0. The van der Waals surface area contributed by atoms with Crippen LogP contribution in [0.5, 0.6) is 0 Å². The summed E-state index contributed by atoms with van der Waals surface area (Å²) in [6.07, 6.45) is 5.01. The van der Waals surface area contributed by atoms with Crippen molar-refractivity contribution in [2.75, 3.05) is 18.0 Å². The molecule has 0 spiro atoms. The highest BCUT2D eigenvalue weighted by Gasteiger charge is 2.24. The molecule has 0 aliphatic carbocycles. The maximum atomic E-state index is 13.7. The summed E-state index contributed by atoms with van der Waals surface area (Å²) < 4.78 is 20.6. The van der Waals surface area contributed by atoms with Gasteiger partial charge in [0.2, 0.25) is 5.91 Å². The highest BCUT2D eigenvalue weighted by molar-refractivity contribution is 5.89. The van der Waals surface area contributed by atoms with Gasteiger partial charge in [-0.3, -0.25) is 4.79 Å². The molecule has 1 atom stereocenters. The lowest BCUT2D eigenvalue weighted by molar-refractivity contribution is -0.122. The normalized spacial score (nSPS) is 16.7. The van der Waals surface area contributed by atoms with Crippen LogP contribution in [0, 0.1) is 11.7 Å². The third kappa shape index (κ3) is 4.06. The maximum absolute atomic E-state index is 13.7. The van der Waals surface area contributed by atoms with Gasteiger partial charge in [-0.05, 0) is 49.2 Å². The summed E-state index contributed by atoms with van der Waals surface area (Å²) in [6.45, 7) is 1.38. The van der Waals surface area contributed by atoms with Crippen LogP contribution in [-0.4, -0.2) is 34.4 Å². The van der Waals surface area contributed by atoms with Crippen molar-refractivity contribution in [2.45, 2.75) is 19.4 Å². The Morgan fingerprint density at radius 1 is 1.24 bits per heavy atom. The van der Waals surface area contributed by atoms with E-state index in [0.717, 1.165) is 25.1 Å². The van der Waals surface area contributed by atoms with Gasteiger partial charge in [0, 0.05) is 31.2 Å². The maximum Gasteiger partial charge on any atom is 0.338 e. The van der Waals surface area contributed by atoms with Crippen LogP contribution in [-0.2, 0) is 16.1 Å². The van der Waals surface area contributed by atoms with Gasteiger partial charge in [0.1, 0.15) is 6.61 Å². The number of rotatable bonds is 5. The minimum absolute atomic E-state index is 0.0475. The molecule has 7 nitrogen and oxygen atoms in total. The Labute approximate surface area is 166 Å². The Morgan fingerprint density at radius 2 is 2.03 bits per heavy atom. The number of primary amides is 1. The molecule has 0 saturated carbocycles. The Kier molecular flexibility index (Phi) is 5.16. The highest BCUT2D eigenvalue weighted by Crippen LogP contribution is 2.23. The minimum atomic E-state index is -0.484. The topological polar surface area (TPSA) is 89.9 Å². The summed E-state index contributed by atoms with van der Waals surface area (Å²) >= 11 is 0. The van der Waals surface area contributed by atoms with Gasteiger partial charge in [0.05, 0.1) is 17.2 Å². The Hall–Kier alpha value is -3.42. The van der Waals surface area contributed by atoms with E-state index in [2.05, 4.69) is 9.88 Å². The van der Waals surface area contributed by atoms with Crippen LogP contribution in [0.3, 0.4) is 0 Å². The van der Waals surface area contributed by atoms with Crippen LogP contribution in [0.2, 0.25) is 0 Å². The number of anilines is 1. The second-order valence-corrected chi connectivity index (χ2v) is 7.13. The molecule has 3 heterocycles. The number of halogens is 1. The van der Waals surface area contributed by atoms with Crippen molar-refractivity contribution in [3.63, 3.8) is 0 Å². The Morgan fingerprint density at radius 3 is 2.76 bits per heavy atom. The van der Waals surface area contributed by atoms with Gasteiger partial charge in [-0.2, -0.15) is 0 Å². The van der Waals surface area contributed by atoms with Crippen LogP contribution in [0.1, 0.15) is 28.9 Å². The van der Waals surface area contributed by atoms with Crippen molar-refractivity contribution >= 4 is 23.2 Å². The molecule has 8 heteroatoms. The Balaban J connectivity index is 1.38. The SMILES string of the molecule is NC(=O)C1CCCN(c2ccc(C(=O)OCc3cn4cccc(F)c4n3)cc2)C1. The van der Waals surface area contributed by atoms with E-state index in [-0.39, 0.29) is 24.1 Å². The number of fused-ring (bicyclic) bond motifs is 1. The lowest BCUT2D eigenvalue weighted by Gasteiger charge is -2.33. The van der Waals surface area contributed by atoms with Crippen molar-refractivity contribution in [3.05, 3.63) is 65.9 Å². The fraction of sp³-hybridized carbons (Fsp3) is 0.286. The van der Waals surface area contributed by atoms with E-state index in [1.165, 1.54) is 6.07 Å². The van der Waals surface area contributed by atoms with Crippen molar-refractivity contribution in [1.29, 1.82) is 0 Å². The van der Waals surface area contributed by atoms with Crippen LogP contribution in [0.25, 0.3) is 5.65 Å². The van der Waals surface area contributed by atoms with Gasteiger partial charge in [-0.15, -0.1) is 0 Å². The lowest BCUT2D eigenvalue weighted by atomic mass is 9.97. The number of amides is 1. The number of carbonyl (C=O) groups is 2. The van der Waals surface area contributed by atoms with E-state index >= 15 is 0 Å². The van der Waals surface area contributed by atoms with Gasteiger partial charge in [0.25, 0.3) is 0 Å². The van der Waals surface area contributed by atoms with Gasteiger partial charge >= 0.3 is 5.97 Å². The number of benzene rings is 1. The molecule has 2 aromatic heterocycles. The molecule has 1 aromatic carbocycles. The quantitative estimate of drug-likeness (QED) is 0.670. The number of esters is 1. The summed E-state index contributed by atoms with van der Waals surface area (Å²) in [6, 6.07) is 9.95. The largest absolute Gasteiger partial charge is 0.456 e. The van der Waals surface area contributed by atoms with E-state index in [4.69, 9.17) is 10.5 Å². The average Bonchev–Trinajstić information content (AvgIpc) is 3.17. The molecule has 1 unspecified atom stereocenters. The molecule has 0 radical (unpaired) electrons. The summed E-state index contributed by atoms with van der Waals surface area (Å²) in [4.78, 5) is 30.0.